The van der Waals surface area contributed by atoms with E-state index in [1.165, 1.54) is 0 Å². The zero-order valence-electron chi connectivity index (χ0n) is 9.31. The van der Waals surface area contributed by atoms with Crippen molar-refractivity contribution >= 4 is 5.91 Å². The van der Waals surface area contributed by atoms with Crippen LogP contribution in [0.15, 0.2) is 24.3 Å². The van der Waals surface area contributed by atoms with Crippen LogP contribution in [0.4, 0.5) is 0 Å². The first-order valence-electron chi connectivity index (χ1n) is 5.48. The van der Waals surface area contributed by atoms with Crippen molar-refractivity contribution in [2.75, 3.05) is 19.6 Å². The zero-order valence-corrected chi connectivity index (χ0v) is 9.31. The van der Waals surface area contributed by atoms with E-state index in [2.05, 4.69) is 12.2 Å². The van der Waals surface area contributed by atoms with Crippen LogP contribution in [0, 0.1) is 0 Å². The molecule has 1 aliphatic heterocycles. The number of rotatable bonds is 1. The molecule has 1 aromatic carbocycles. The van der Waals surface area contributed by atoms with Crippen molar-refractivity contribution in [3.8, 4) is 5.75 Å². The van der Waals surface area contributed by atoms with Crippen LogP contribution in [-0.2, 0) is 0 Å². The number of nitrogens with one attached hydrogen (secondary N) is 1. The molecular formula is C12H16N2O2. The molecule has 1 amide bonds. The highest BCUT2D eigenvalue weighted by atomic mass is 16.3. The molecule has 2 N–H and O–H groups in total. The summed E-state index contributed by atoms with van der Waals surface area (Å²) in [5, 5.41) is 12.4. The summed E-state index contributed by atoms with van der Waals surface area (Å²) in [6.45, 7) is 4.38. The van der Waals surface area contributed by atoms with Gasteiger partial charge in [0.05, 0.1) is 0 Å². The van der Waals surface area contributed by atoms with E-state index >= 15 is 0 Å². The van der Waals surface area contributed by atoms with Gasteiger partial charge in [0.15, 0.2) is 0 Å². The molecule has 0 saturated carbocycles. The highest BCUT2D eigenvalue weighted by molar-refractivity contribution is 5.94. The van der Waals surface area contributed by atoms with Crippen LogP contribution in [0.2, 0.25) is 0 Å². The minimum atomic E-state index is 0.0355. The molecule has 0 radical (unpaired) electrons. The summed E-state index contributed by atoms with van der Waals surface area (Å²) in [5.74, 6) is 0.221. The van der Waals surface area contributed by atoms with Gasteiger partial charge in [-0.15, -0.1) is 0 Å². The van der Waals surface area contributed by atoms with Crippen molar-refractivity contribution in [1.29, 1.82) is 0 Å². The SMILES string of the molecule is C[C@H]1CN(C(=O)c2ccc(O)cc2)CCN1. The van der Waals surface area contributed by atoms with E-state index in [4.69, 9.17) is 5.11 Å². The second-order valence-corrected chi connectivity index (χ2v) is 4.15. The number of hydrogen-bond donors (Lipinski definition) is 2. The molecule has 4 nitrogen and oxygen atoms in total. The fourth-order valence-electron chi connectivity index (χ4n) is 1.90. The summed E-state index contributed by atoms with van der Waals surface area (Å²) in [7, 11) is 0. The summed E-state index contributed by atoms with van der Waals surface area (Å²) in [5.41, 5.74) is 0.631. The molecule has 0 aromatic heterocycles. The summed E-state index contributed by atoms with van der Waals surface area (Å²) >= 11 is 0. The van der Waals surface area contributed by atoms with Crippen molar-refractivity contribution in [3.05, 3.63) is 29.8 Å². The van der Waals surface area contributed by atoms with Gasteiger partial charge in [0, 0.05) is 31.2 Å². The Morgan fingerprint density at radius 2 is 2.12 bits per heavy atom. The minimum absolute atomic E-state index is 0.0355. The number of nitrogens with zero attached hydrogens (tertiary/aromatic N) is 1. The van der Waals surface area contributed by atoms with E-state index in [1.54, 1.807) is 24.3 Å². The highest BCUT2D eigenvalue weighted by Gasteiger charge is 2.21. The molecule has 1 aliphatic rings. The Hall–Kier alpha value is -1.55. The molecule has 1 fully saturated rings. The molecule has 1 aromatic rings. The van der Waals surface area contributed by atoms with Crippen LogP contribution in [0.3, 0.4) is 0 Å². The number of carbonyl (C=O) groups is 1. The third kappa shape index (κ3) is 2.33. The highest BCUT2D eigenvalue weighted by Crippen LogP contribution is 2.12. The second kappa shape index (κ2) is 4.53. The Labute approximate surface area is 94.9 Å². The van der Waals surface area contributed by atoms with Crippen molar-refractivity contribution in [3.63, 3.8) is 0 Å². The first-order valence-corrected chi connectivity index (χ1v) is 5.48. The fraction of sp³-hybridized carbons (Fsp3) is 0.417. The number of phenolic OH excluding ortho intramolecular Hbond substituents is 1. The molecule has 0 spiro atoms. The number of hydrogen-bond acceptors (Lipinski definition) is 3. The van der Waals surface area contributed by atoms with E-state index in [9.17, 15) is 4.79 Å². The van der Waals surface area contributed by atoms with Crippen LogP contribution < -0.4 is 5.32 Å². The molecule has 2 rings (SSSR count). The third-order valence-corrected chi connectivity index (χ3v) is 2.77. The monoisotopic (exact) mass is 220 g/mol. The largest absolute Gasteiger partial charge is 0.508 e. The Bertz CT molecular complexity index is 375. The van der Waals surface area contributed by atoms with Crippen LogP contribution in [-0.4, -0.2) is 41.6 Å². The lowest BCUT2D eigenvalue weighted by molar-refractivity contribution is 0.0709. The predicted molar refractivity (Wildman–Crippen MR) is 61.5 cm³/mol. The average Bonchev–Trinajstić information content (AvgIpc) is 2.29. The summed E-state index contributed by atoms with van der Waals surface area (Å²) in [6, 6.07) is 6.74. The average molecular weight is 220 g/mol. The molecule has 1 saturated heterocycles. The second-order valence-electron chi connectivity index (χ2n) is 4.15. The van der Waals surface area contributed by atoms with Gasteiger partial charge >= 0.3 is 0 Å². The first-order chi connectivity index (χ1) is 7.66. The molecule has 4 heteroatoms. The quantitative estimate of drug-likeness (QED) is 0.737. The van der Waals surface area contributed by atoms with Gasteiger partial charge < -0.3 is 15.3 Å². The van der Waals surface area contributed by atoms with Gasteiger partial charge in [0.1, 0.15) is 5.75 Å². The molecule has 0 bridgehead atoms. The molecule has 0 aliphatic carbocycles. The topological polar surface area (TPSA) is 52.6 Å². The maximum atomic E-state index is 12.1. The standard InChI is InChI=1S/C12H16N2O2/c1-9-8-14(7-6-13-9)12(16)10-2-4-11(15)5-3-10/h2-5,9,13,15H,6-8H2,1H3/t9-/m0/s1. The van der Waals surface area contributed by atoms with Gasteiger partial charge in [-0.1, -0.05) is 0 Å². The van der Waals surface area contributed by atoms with Gasteiger partial charge in [-0.2, -0.15) is 0 Å². The normalized spacial score (nSPS) is 20.8. The van der Waals surface area contributed by atoms with E-state index in [0.717, 1.165) is 19.6 Å². The summed E-state index contributed by atoms with van der Waals surface area (Å²) in [6.07, 6.45) is 0. The maximum Gasteiger partial charge on any atom is 0.253 e. The zero-order chi connectivity index (χ0) is 11.5. The molecule has 1 heterocycles. The van der Waals surface area contributed by atoms with E-state index < -0.39 is 0 Å². The van der Waals surface area contributed by atoms with E-state index in [-0.39, 0.29) is 11.7 Å². The van der Waals surface area contributed by atoms with E-state index in [0.29, 0.717) is 11.6 Å². The number of piperazine rings is 1. The lowest BCUT2D eigenvalue weighted by Crippen LogP contribution is -2.51. The third-order valence-electron chi connectivity index (χ3n) is 2.77. The molecular weight excluding hydrogens is 204 g/mol. The van der Waals surface area contributed by atoms with Crippen LogP contribution in [0.25, 0.3) is 0 Å². The first kappa shape index (κ1) is 11.0. The minimum Gasteiger partial charge on any atom is -0.508 e. The van der Waals surface area contributed by atoms with Crippen LogP contribution in [0.5, 0.6) is 5.75 Å². The molecule has 86 valence electrons. The lowest BCUT2D eigenvalue weighted by Gasteiger charge is -2.31. The van der Waals surface area contributed by atoms with Gasteiger partial charge in [-0.25, -0.2) is 0 Å². The number of benzene rings is 1. The van der Waals surface area contributed by atoms with Gasteiger partial charge in [-0.3, -0.25) is 4.79 Å². The van der Waals surface area contributed by atoms with Gasteiger partial charge in [0.25, 0.3) is 5.91 Å². The van der Waals surface area contributed by atoms with Gasteiger partial charge in [0.2, 0.25) is 0 Å². The maximum absolute atomic E-state index is 12.1. The molecule has 1 atom stereocenters. The molecule has 16 heavy (non-hydrogen) atoms. The van der Waals surface area contributed by atoms with Gasteiger partial charge in [-0.05, 0) is 31.2 Å². The van der Waals surface area contributed by atoms with Crippen molar-refractivity contribution in [1.82, 2.24) is 10.2 Å². The smallest absolute Gasteiger partial charge is 0.253 e. The number of phenols is 1. The van der Waals surface area contributed by atoms with Crippen molar-refractivity contribution in [2.24, 2.45) is 0 Å². The number of carbonyl (C=O) groups excluding carboxylic acids is 1. The van der Waals surface area contributed by atoms with Crippen molar-refractivity contribution < 1.29 is 9.90 Å². The Morgan fingerprint density at radius 3 is 2.75 bits per heavy atom. The van der Waals surface area contributed by atoms with Crippen molar-refractivity contribution in [2.45, 2.75) is 13.0 Å². The summed E-state index contributed by atoms with van der Waals surface area (Å²) < 4.78 is 0. The predicted octanol–water partition coefficient (Wildman–Crippen LogP) is 0.826. The van der Waals surface area contributed by atoms with Crippen LogP contribution in [0.1, 0.15) is 17.3 Å². The Balaban J connectivity index is 2.09. The van der Waals surface area contributed by atoms with Crippen LogP contribution >= 0.6 is 0 Å². The number of amides is 1. The Morgan fingerprint density at radius 1 is 1.44 bits per heavy atom. The van der Waals surface area contributed by atoms with E-state index in [1.807, 2.05) is 4.90 Å². The molecule has 0 unspecified atom stereocenters. The fourth-order valence-corrected chi connectivity index (χ4v) is 1.90. The Kier molecular flexibility index (Phi) is 3.10. The lowest BCUT2D eigenvalue weighted by atomic mass is 10.1. The number of aromatic hydroxyl groups is 1. The summed E-state index contributed by atoms with van der Waals surface area (Å²) in [4.78, 5) is 13.9.